The lowest BCUT2D eigenvalue weighted by Crippen LogP contribution is -2.38. The molecule has 0 atom stereocenters. The van der Waals surface area contributed by atoms with Gasteiger partial charge in [-0.05, 0) is 62.4 Å². The quantitative estimate of drug-likeness (QED) is 0.625. The van der Waals surface area contributed by atoms with Gasteiger partial charge in [0.15, 0.2) is 0 Å². The maximum Gasteiger partial charge on any atom is 0.253 e. The number of rotatable bonds is 5. The van der Waals surface area contributed by atoms with Gasteiger partial charge in [0.2, 0.25) is 5.95 Å². The number of carbonyl (C=O) groups is 1. The molecule has 7 heteroatoms. The van der Waals surface area contributed by atoms with E-state index < -0.39 is 0 Å². The van der Waals surface area contributed by atoms with Crippen LogP contribution in [0.4, 0.5) is 17.6 Å². The van der Waals surface area contributed by atoms with Crippen molar-refractivity contribution in [1.82, 2.24) is 19.9 Å². The lowest BCUT2D eigenvalue weighted by atomic mass is 9.92. The third-order valence-corrected chi connectivity index (χ3v) is 6.52. The van der Waals surface area contributed by atoms with Crippen molar-refractivity contribution >= 4 is 23.5 Å². The van der Waals surface area contributed by atoms with E-state index in [-0.39, 0.29) is 5.91 Å². The first-order chi connectivity index (χ1) is 16.2. The Balaban J connectivity index is 1.34. The fraction of sp³-hybridized carbons (Fsp3) is 0.385. The van der Waals surface area contributed by atoms with Crippen molar-refractivity contribution in [3.8, 4) is 0 Å². The molecule has 2 fully saturated rings. The van der Waals surface area contributed by atoms with Crippen LogP contribution in [0.15, 0.2) is 54.7 Å². The molecule has 0 radical (unpaired) electrons. The van der Waals surface area contributed by atoms with E-state index in [1.54, 1.807) is 6.20 Å². The van der Waals surface area contributed by atoms with Gasteiger partial charge in [-0.25, -0.2) is 9.97 Å². The molecule has 0 aliphatic carbocycles. The molecule has 0 unspecified atom stereocenters. The Labute approximate surface area is 194 Å². The molecule has 7 nitrogen and oxygen atoms in total. The third kappa shape index (κ3) is 4.97. The average Bonchev–Trinajstić information content (AvgIpc) is 3.39. The van der Waals surface area contributed by atoms with Crippen molar-refractivity contribution < 1.29 is 4.79 Å². The molecule has 4 heterocycles. The molecule has 1 amide bonds. The normalized spacial score (nSPS) is 16.8. The molecule has 0 bridgehead atoms. The molecule has 0 saturated carbocycles. The van der Waals surface area contributed by atoms with Gasteiger partial charge in [-0.1, -0.05) is 18.2 Å². The molecule has 170 valence electrons. The molecule has 2 aliphatic heterocycles. The second kappa shape index (κ2) is 9.57. The highest BCUT2D eigenvalue weighted by atomic mass is 16.2. The summed E-state index contributed by atoms with van der Waals surface area (Å²) in [7, 11) is 0. The smallest absolute Gasteiger partial charge is 0.253 e. The monoisotopic (exact) mass is 442 g/mol. The highest BCUT2D eigenvalue weighted by molar-refractivity contribution is 5.94. The Kier molecular flexibility index (Phi) is 6.19. The summed E-state index contributed by atoms with van der Waals surface area (Å²) in [5, 5.41) is 3.38. The first-order valence-electron chi connectivity index (χ1n) is 11.8. The number of hydrogen-bond acceptors (Lipinski definition) is 6. The van der Waals surface area contributed by atoms with Crippen LogP contribution in [0.1, 0.15) is 53.2 Å². The van der Waals surface area contributed by atoms with Gasteiger partial charge in [0.05, 0.1) is 5.69 Å². The minimum atomic E-state index is 0.113. The van der Waals surface area contributed by atoms with Crippen LogP contribution >= 0.6 is 0 Å². The third-order valence-electron chi connectivity index (χ3n) is 6.52. The summed E-state index contributed by atoms with van der Waals surface area (Å²) < 4.78 is 0. The van der Waals surface area contributed by atoms with Gasteiger partial charge in [-0.2, -0.15) is 4.98 Å². The number of hydrogen-bond donors (Lipinski definition) is 1. The van der Waals surface area contributed by atoms with E-state index in [1.807, 2.05) is 47.4 Å². The number of carbonyl (C=O) groups excluding carboxylic acids is 1. The number of pyridine rings is 1. The van der Waals surface area contributed by atoms with E-state index in [9.17, 15) is 4.79 Å². The number of nitrogens with one attached hydrogen (secondary N) is 1. The van der Waals surface area contributed by atoms with E-state index in [4.69, 9.17) is 9.97 Å². The summed E-state index contributed by atoms with van der Waals surface area (Å²) in [4.78, 5) is 31.3. The highest BCUT2D eigenvalue weighted by Gasteiger charge is 2.27. The van der Waals surface area contributed by atoms with Gasteiger partial charge in [0.25, 0.3) is 5.91 Å². The van der Waals surface area contributed by atoms with Crippen LogP contribution in [0.3, 0.4) is 0 Å². The van der Waals surface area contributed by atoms with E-state index in [0.717, 1.165) is 73.4 Å². The minimum Gasteiger partial charge on any atom is -0.341 e. The Hall–Kier alpha value is -3.48. The summed E-state index contributed by atoms with van der Waals surface area (Å²) in [6.45, 7) is 5.52. The van der Waals surface area contributed by atoms with Gasteiger partial charge in [-0.15, -0.1) is 0 Å². The minimum absolute atomic E-state index is 0.113. The number of benzene rings is 1. The number of likely N-dealkylation sites (tertiary alicyclic amines) is 1. The standard InChI is InChI=1S/C26H30N6O/c1-19-9-12-27-23(17-19)29-24-18-22(28-26(30-24)32-13-5-6-14-32)20-10-15-31(16-11-20)25(33)21-7-3-2-4-8-21/h2-4,7-9,12,17-18,20H,5-6,10-11,13-16H2,1H3,(H,27,28,29,30). The lowest BCUT2D eigenvalue weighted by molar-refractivity contribution is 0.0712. The predicted octanol–water partition coefficient (Wildman–Crippen LogP) is 4.54. The van der Waals surface area contributed by atoms with E-state index >= 15 is 0 Å². The van der Waals surface area contributed by atoms with Gasteiger partial charge >= 0.3 is 0 Å². The summed E-state index contributed by atoms with van der Waals surface area (Å²) >= 11 is 0. The molecule has 2 saturated heterocycles. The van der Waals surface area contributed by atoms with Crippen LogP contribution in [0.2, 0.25) is 0 Å². The Bertz CT molecular complexity index is 1100. The highest BCUT2D eigenvalue weighted by Crippen LogP contribution is 2.31. The molecule has 5 rings (SSSR count). The second-order valence-corrected chi connectivity index (χ2v) is 8.95. The van der Waals surface area contributed by atoms with Gasteiger partial charge in [-0.3, -0.25) is 4.79 Å². The maximum atomic E-state index is 12.8. The van der Waals surface area contributed by atoms with Crippen molar-refractivity contribution in [2.75, 3.05) is 36.4 Å². The van der Waals surface area contributed by atoms with Crippen LogP contribution in [0.5, 0.6) is 0 Å². The number of anilines is 3. The summed E-state index contributed by atoms with van der Waals surface area (Å²) in [6, 6.07) is 15.6. The largest absolute Gasteiger partial charge is 0.341 e. The summed E-state index contributed by atoms with van der Waals surface area (Å²) in [5.74, 6) is 2.78. The first kappa shape index (κ1) is 21.4. The summed E-state index contributed by atoms with van der Waals surface area (Å²) in [6.07, 6.45) is 5.96. The SMILES string of the molecule is Cc1ccnc(Nc2cc(C3CCN(C(=O)c4ccccc4)CC3)nc(N3CCCC3)n2)c1. The molecular weight excluding hydrogens is 412 g/mol. The zero-order valence-corrected chi connectivity index (χ0v) is 19.1. The number of aromatic nitrogens is 3. The van der Waals surface area contributed by atoms with E-state index in [1.165, 1.54) is 12.8 Å². The van der Waals surface area contributed by atoms with Crippen LogP contribution in [0, 0.1) is 6.92 Å². The van der Waals surface area contributed by atoms with Crippen molar-refractivity contribution in [3.63, 3.8) is 0 Å². The van der Waals surface area contributed by atoms with Gasteiger partial charge in [0.1, 0.15) is 11.6 Å². The molecule has 33 heavy (non-hydrogen) atoms. The second-order valence-electron chi connectivity index (χ2n) is 8.95. The average molecular weight is 443 g/mol. The fourth-order valence-corrected chi connectivity index (χ4v) is 4.66. The molecule has 3 aromatic rings. The van der Waals surface area contributed by atoms with Crippen molar-refractivity contribution in [2.45, 2.75) is 38.5 Å². The predicted molar refractivity (Wildman–Crippen MR) is 130 cm³/mol. The van der Waals surface area contributed by atoms with Crippen LogP contribution in [-0.4, -0.2) is 51.9 Å². The molecule has 2 aliphatic rings. The molecule has 2 aromatic heterocycles. The molecule has 1 N–H and O–H groups in total. The van der Waals surface area contributed by atoms with Crippen LogP contribution in [-0.2, 0) is 0 Å². The van der Waals surface area contributed by atoms with Crippen LogP contribution < -0.4 is 10.2 Å². The maximum absolute atomic E-state index is 12.8. The number of amides is 1. The topological polar surface area (TPSA) is 74.2 Å². The molecule has 0 spiro atoms. The van der Waals surface area contributed by atoms with Crippen molar-refractivity contribution in [1.29, 1.82) is 0 Å². The fourth-order valence-electron chi connectivity index (χ4n) is 4.66. The molecule has 1 aromatic carbocycles. The number of aryl methyl sites for hydroxylation is 1. The zero-order chi connectivity index (χ0) is 22.6. The number of piperidine rings is 1. The van der Waals surface area contributed by atoms with Crippen molar-refractivity contribution in [2.24, 2.45) is 0 Å². The van der Waals surface area contributed by atoms with E-state index in [2.05, 4.69) is 28.2 Å². The van der Waals surface area contributed by atoms with E-state index in [0.29, 0.717) is 5.92 Å². The van der Waals surface area contributed by atoms with Crippen LogP contribution in [0.25, 0.3) is 0 Å². The Morgan fingerprint density at radius 1 is 0.939 bits per heavy atom. The van der Waals surface area contributed by atoms with Crippen molar-refractivity contribution in [3.05, 3.63) is 71.5 Å². The number of nitrogens with zero attached hydrogens (tertiary/aromatic N) is 5. The zero-order valence-electron chi connectivity index (χ0n) is 19.1. The molecular formula is C26H30N6O. The lowest BCUT2D eigenvalue weighted by Gasteiger charge is -2.32. The Morgan fingerprint density at radius 2 is 1.70 bits per heavy atom. The van der Waals surface area contributed by atoms with Gasteiger partial charge < -0.3 is 15.1 Å². The van der Waals surface area contributed by atoms with Gasteiger partial charge in [0, 0.05) is 49.9 Å². The Morgan fingerprint density at radius 3 is 2.42 bits per heavy atom. The summed E-state index contributed by atoms with van der Waals surface area (Å²) in [5.41, 5.74) is 2.96. The first-order valence-corrected chi connectivity index (χ1v) is 11.8.